The van der Waals surface area contributed by atoms with Gasteiger partial charge < -0.3 is 20.3 Å². The molecule has 0 saturated carbocycles. The molecular weight excluding hydrogens is 324 g/mol. The molecule has 1 amide bonds. The predicted octanol–water partition coefficient (Wildman–Crippen LogP) is 2.87. The van der Waals surface area contributed by atoms with Crippen LogP contribution in [0.2, 0.25) is 0 Å². The topological polar surface area (TPSA) is 109 Å². The number of pyridine rings is 1. The fraction of sp³-hybridized carbons (Fsp3) is 0.278. The second-order valence-electron chi connectivity index (χ2n) is 5.56. The molecule has 3 N–H and O–H groups in total. The van der Waals surface area contributed by atoms with Crippen LogP contribution in [0.4, 0.5) is 0 Å². The van der Waals surface area contributed by atoms with Crippen LogP contribution in [0.5, 0.6) is 17.2 Å². The molecule has 0 saturated heterocycles. The summed E-state index contributed by atoms with van der Waals surface area (Å²) >= 11 is 0. The Labute approximate surface area is 145 Å². The number of nitrogens with one attached hydrogen (secondary N) is 1. The number of aromatic hydroxyl groups is 1. The smallest absolute Gasteiger partial charge is 0.303 e. The minimum absolute atomic E-state index is 0.0599. The number of amides is 1. The van der Waals surface area contributed by atoms with Crippen molar-refractivity contribution in [1.29, 1.82) is 0 Å². The summed E-state index contributed by atoms with van der Waals surface area (Å²) in [6.07, 6.45) is 2.43. The van der Waals surface area contributed by atoms with E-state index in [-0.39, 0.29) is 17.9 Å². The highest BCUT2D eigenvalue weighted by Crippen LogP contribution is 2.26. The number of carbonyl (C=O) groups is 2. The molecule has 1 heterocycles. The van der Waals surface area contributed by atoms with Crippen molar-refractivity contribution in [3.05, 3.63) is 47.8 Å². The SMILES string of the molecule is Cc1ccc(Oc2cnc(C(=O)NCCCCC(=O)O)c(O)c2)cc1. The molecule has 0 aliphatic heterocycles. The number of rotatable bonds is 8. The molecule has 0 fully saturated rings. The lowest BCUT2D eigenvalue weighted by Crippen LogP contribution is -2.25. The van der Waals surface area contributed by atoms with E-state index in [0.717, 1.165) is 5.56 Å². The third-order valence-electron chi connectivity index (χ3n) is 3.42. The summed E-state index contributed by atoms with van der Waals surface area (Å²) in [6.45, 7) is 2.28. The minimum atomic E-state index is -0.866. The number of carboxylic acids is 1. The molecule has 7 heteroatoms. The monoisotopic (exact) mass is 344 g/mol. The van der Waals surface area contributed by atoms with Crippen molar-refractivity contribution in [2.45, 2.75) is 26.2 Å². The molecule has 25 heavy (non-hydrogen) atoms. The average Bonchev–Trinajstić information content (AvgIpc) is 2.56. The quantitative estimate of drug-likeness (QED) is 0.635. The molecule has 2 aromatic rings. The van der Waals surface area contributed by atoms with Crippen LogP contribution in [0.15, 0.2) is 36.5 Å². The van der Waals surface area contributed by atoms with Crippen LogP contribution in [0.1, 0.15) is 35.3 Å². The van der Waals surface area contributed by atoms with Gasteiger partial charge in [-0.25, -0.2) is 4.98 Å². The Kier molecular flexibility index (Phi) is 6.33. The Hall–Kier alpha value is -3.09. The number of carboxylic acid groups (broad SMARTS) is 1. The number of ether oxygens (including phenoxy) is 1. The molecule has 0 aliphatic carbocycles. The highest BCUT2D eigenvalue weighted by molar-refractivity contribution is 5.94. The Bertz CT molecular complexity index is 744. The molecule has 2 rings (SSSR count). The van der Waals surface area contributed by atoms with E-state index in [1.165, 1.54) is 12.3 Å². The molecule has 0 bridgehead atoms. The van der Waals surface area contributed by atoms with Crippen LogP contribution < -0.4 is 10.1 Å². The fourth-order valence-corrected chi connectivity index (χ4v) is 2.09. The molecule has 7 nitrogen and oxygen atoms in total. The minimum Gasteiger partial charge on any atom is -0.505 e. The summed E-state index contributed by atoms with van der Waals surface area (Å²) in [4.78, 5) is 26.3. The zero-order valence-corrected chi connectivity index (χ0v) is 13.9. The standard InChI is InChI=1S/C18H20N2O5/c1-12-5-7-13(8-6-12)25-14-10-15(21)17(20-11-14)18(24)19-9-3-2-4-16(22)23/h5-8,10-11,21H,2-4,9H2,1H3,(H,19,24)(H,22,23). The maximum absolute atomic E-state index is 12.0. The first-order valence-corrected chi connectivity index (χ1v) is 7.89. The second-order valence-corrected chi connectivity index (χ2v) is 5.56. The van der Waals surface area contributed by atoms with Gasteiger partial charge in [-0.2, -0.15) is 0 Å². The van der Waals surface area contributed by atoms with Crippen molar-refractivity contribution < 1.29 is 24.5 Å². The van der Waals surface area contributed by atoms with Crippen LogP contribution in [-0.2, 0) is 4.79 Å². The lowest BCUT2D eigenvalue weighted by Gasteiger charge is -2.09. The van der Waals surface area contributed by atoms with Crippen LogP contribution in [-0.4, -0.2) is 33.6 Å². The number of carbonyl (C=O) groups excluding carboxylic acids is 1. The molecule has 0 radical (unpaired) electrons. The molecule has 0 unspecified atom stereocenters. The highest BCUT2D eigenvalue weighted by atomic mass is 16.5. The summed E-state index contributed by atoms with van der Waals surface area (Å²) in [5.41, 5.74) is 0.998. The Balaban J connectivity index is 1.90. The first kappa shape index (κ1) is 18.3. The van der Waals surface area contributed by atoms with E-state index in [1.54, 1.807) is 12.1 Å². The van der Waals surface area contributed by atoms with E-state index in [1.807, 2.05) is 19.1 Å². The third-order valence-corrected chi connectivity index (χ3v) is 3.42. The summed E-state index contributed by atoms with van der Waals surface area (Å²) in [5, 5.41) is 21.1. The second kappa shape index (κ2) is 8.68. The summed E-state index contributed by atoms with van der Waals surface area (Å²) in [7, 11) is 0. The number of unbranched alkanes of at least 4 members (excludes halogenated alkanes) is 1. The van der Waals surface area contributed by atoms with Gasteiger partial charge in [0.05, 0.1) is 6.20 Å². The normalized spacial score (nSPS) is 10.3. The van der Waals surface area contributed by atoms with Gasteiger partial charge in [0.15, 0.2) is 11.4 Å². The molecule has 132 valence electrons. The number of aryl methyl sites for hydroxylation is 1. The van der Waals surface area contributed by atoms with Gasteiger partial charge in [0.1, 0.15) is 11.5 Å². The number of benzene rings is 1. The zero-order valence-electron chi connectivity index (χ0n) is 13.9. The van der Waals surface area contributed by atoms with Gasteiger partial charge >= 0.3 is 5.97 Å². The lowest BCUT2D eigenvalue weighted by atomic mass is 10.2. The number of hydrogen-bond donors (Lipinski definition) is 3. The summed E-state index contributed by atoms with van der Waals surface area (Å²) in [6, 6.07) is 8.71. The van der Waals surface area contributed by atoms with Crippen molar-refractivity contribution in [3.63, 3.8) is 0 Å². The predicted molar refractivity (Wildman–Crippen MR) is 91.0 cm³/mol. The van der Waals surface area contributed by atoms with Gasteiger partial charge in [-0.05, 0) is 31.9 Å². The van der Waals surface area contributed by atoms with Crippen molar-refractivity contribution in [2.75, 3.05) is 6.54 Å². The molecule has 1 aromatic carbocycles. The first-order chi connectivity index (χ1) is 12.0. The van der Waals surface area contributed by atoms with E-state index in [4.69, 9.17) is 9.84 Å². The molecule has 0 aliphatic rings. The first-order valence-electron chi connectivity index (χ1n) is 7.89. The van der Waals surface area contributed by atoms with Crippen molar-refractivity contribution >= 4 is 11.9 Å². The molecule has 0 atom stereocenters. The third kappa shape index (κ3) is 5.80. The van der Waals surface area contributed by atoms with Crippen molar-refractivity contribution in [1.82, 2.24) is 10.3 Å². The average molecular weight is 344 g/mol. The van der Waals surface area contributed by atoms with E-state index >= 15 is 0 Å². The van der Waals surface area contributed by atoms with Gasteiger partial charge in [-0.3, -0.25) is 9.59 Å². The Morgan fingerprint density at radius 3 is 2.52 bits per heavy atom. The molecular formula is C18H20N2O5. The van der Waals surface area contributed by atoms with Crippen LogP contribution in [0.3, 0.4) is 0 Å². The van der Waals surface area contributed by atoms with Gasteiger partial charge in [-0.1, -0.05) is 17.7 Å². The lowest BCUT2D eigenvalue weighted by molar-refractivity contribution is -0.137. The van der Waals surface area contributed by atoms with E-state index in [2.05, 4.69) is 10.3 Å². The van der Waals surface area contributed by atoms with Gasteiger partial charge in [0, 0.05) is 19.0 Å². The van der Waals surface area contributed by atoms with E-state index in [0.29, 0.717) is 30.9 Å². The Morgan fingerprint density at radius 1 is 1.16 bits per heavy atom. The maximum atomic E-state index is 12.0. The maximum Gasteiger partial charge on any atom is 0.303 e. The van der Waals surface area contributed by atoms with E-state index in [9.17, 15) is 14.7 Å². The number of aliphatic carboxylic acids is 1. The van der Waals surface area contributed by atoms with Gasteiger partial charge in [-0.15, -0.1) is 0 Å². The van der Waals surface area contributed by atoms with Crippen molar-refractivity contribution in [3.8, 4) is 17.2 Å². The van der Waals surface area contributed by atoms with Gasteiger partial charge in [0.25, 0.3) is 5.91 Å². The van der Waals surface area contributed by atoms with Gasteiger partial charge in [0.2, 0.25) is 0 Å². The van der Waals surface area contributed by atoms with Crippen molar-refractivity contribution in [2.24, 2.45) is 0 Å². The highest BCUT2D eigenvalue weighted by Gasteiger charge is 2.14. The molecule has 1 aromatic heterocycles. The van der Waals surface area contributed by atoms with Crippen LogP contribution in [0, 0.1) is 6.92 Å². The summed E-state index contributed by atoms with van der Waals surface area (Å²) < 4.78 is 5.57. The zero-order chi connectivity index (χ0) is 18.2. The number of nitrogens with zero attached hydrogens (tertiary/aromatic N) is 1. The number of aromatic nitrogens is 1. The van der Waals surface area contributed by atoms with Crippen LogP contribution in [0.25, 0.3) is 0 Å². The van der Waals surface area contributed by atoms with Crippen LogP contribution >= 0.6 is 0 Å². The fourth-order valence-electron chi connectivity index (χ4n) is 2.09. The molecule has 0 spiro atoms. The summed E-state index contributed by atoms with van der Waals surface area (Å²) in [5.74, 6) is -0.751. The Morgan fingerprint density at radius 2 is 1.88 bits per heavy atom. The number of hydrogen-bond acceptors (Lipinski definition) is 5. The largest absolute Gasteiger partial charge is 0.505 e. The van der Waals surface area contributed by atoms with E-state index < -0.39 is 11.9 Å².